The third kappa shape index (κ3) is 3.57. The number of carbonyl (C=O) groups is 1. The summed E-state index contributed by atoms with van der Waals surface area (Å²) in [7, 11) is 1.86. The fourth-order valence-electron chi connectivity index (χ4n) is 1.87. The van der Waals surface area contributed by atoms with Gasteiger partial charge in [-0.15, -0.1) is 0 Å². The predicted octanol–water partition coefficient (Wildman–Crippen LogP) is 3.92. The highest BCUT2D eigenvalue weighted by molar-refractivity contribution is 9.10. The fourth-order valence-corrected chi connectivity index (χ4v) is 2.35. The number of hydrogen-bond acceptors (Lipinski definition) is 2. The van der Waals surface area contributed by atoms with Crippen molar-refractivity contribution in [3.05, 3.63) is 63.9 Å². The molecule has 2 aromatic carbocycles. The van der Waals surface area contributed by atoms with Gasteiger partial charge in [0.05, 0.1) is 5.56 Å². The summed E-state index contributed by atoms with van der Waals surface area (Å²) in [6, 6.07) is 11.2. The molecule has 0 aromatic heterocycles. The third-order valence-corrected chi connectivity index (χ3v) is 3.36. The van der Waals surface area contributed by atoms with Gasteiger partial charge < -0.3 is 10.0 Å². The Hall–Kier alpha value is -1.88. The lowest BCUT2D eigenvalue weighted by atomic mass is 10.1. The predicted molar refractivity (Wildman–Crippen MR) is 79.6 cm³/mol. The molecule has 5 heteroatoms. The molecule has 0 aliphatic rings. The maximum Gasteiger partial charge on any atom is 0.335 e. The number of rotatable bonds is 4. The van der Waals surface area contributed by atoms with E-state index in [0.717, 1.165) is 11.3 Å². The van der Waals surface area contributed by atoms with Crippen molar-refractivity contribution < 1.29 is 14.3 Å². The molecule has 0 saturated heterocycles. The monoisotopic (exact) mass is 337 g/mol. The molecule has 0 radical (unpaired) electrons. The highest BCUT2D eigenvalue weighted by atomic mass is 79.9. The van der Waals surface area contributed by atoms with Crippen molar-refractivity contribution in [2.24, 2.45) is 0 Å². The lowest BCUT2D eigenvalue weighted by Gasteiger charge is -2.20. The maximum absolute atomic E-state index is 12.9. The summed E-state index contributed by atoms with van der Waals surface area (Å²) in [6.07, 6.45) is 0. The minimum absolute atomic E-state index is 0.223. The zero-order valence-electron chi connectivity index (χ0n) is 10.8. The van der Waals surface area contributed by atoms with Crippen molar-refractivity contribution in [2.45, 2.75) is 6.54 Å². The summed E-state index contributed by atoms with van der Waals surface area (Å²) < 4.78 is 13.6. The van der Waals surface area contributed by atoms with E-state index in [2.05, 4.69) is 15.9 Å². The van der Waals surface area contributed by atoms with Crippen LogP contribution in [-0.2, 0) is 6.54 Å². The van der Waals surface area contributed by atoms with Crippen LogP contribution in [0.4, 0.5) is 10.1 Å². The minimum atomic E-state index is -0.970. The second kappa shape index (κ2) is 6.05. The van der Waals surface area contributed by atoms with Crippen molar-refractivity contribution in [3.8, 4) is 0 Å². The summed E-state index contributed by atoms with van der Waals surface area (Å²) in [5.74, 6) is -1.24. The Morgan fingerprint density at radius 1 is 1.25 bits per heavy atom. The maximum atomic E-state index is 12.9. The van der Waals surface area contributed by atoms with E-state index < -0.39 is 5.97 Å². The van der Waals surface area contributed by atoms with Crippen molar-refractivity contribution in [3.63, 3.8) is 0 Å². The Morgan fingerprint density at radius 3 is 2.50 bits per heavy atom. The Bertz CT molecular complexity index is 628. The van der Waals surface area contributed by atoms with Gasteiger partial charge in [-0.2, -0.15) is 0 Å². The van der Waals surface area contributed by atoms with Crippen LogP contribution in [0.2, 0.25) is 0 Å². The second-order valence-corrected chi connectivity index (χ2v) is 5.40. The molecule has 0 fully saturated rings. The van der Waals surface area contributed by atoms with Gasteiger partial charge in [0.25, 0.3) is 0 Å². The van der Waals surface area contributed by atoms with Gasteiger partial charge in [-0.05, 0) is 35.9 Å². The first-order chi connectivity index (χ1) is 9.45. The van der Waals surface area contributed by atoms with Gasteiger partial charge >= 0.3 is 5.97 Å². The first-order valence-corrected chi connectivity index (χ1v) is 6.74. The lowest BCUT2D eigenvalue weighted by Crippen LogP contribution is -2.17. The van der Waals surface area contributed by atoms with E-state index in [1.54, 1.807) is 24.3 Å². The van der Waals surface area contributed by atoms with Gasteiger partial charge in [0.1, 0.15) is 5.82 Å². The van der Waals surface area contributed by atoms with Crippen LogP contribution in [0.1, 0.15) is 15.9 Å². The molecule has 104 valence electrons. The first kappa shape index (κ1) is 14.5. The van der Waals surface area contributed by atoms with Crippen LogP contribution in [0, 0.1) is 5.82 Å². The molecule has 0 aliphatic carbocycles. The summed E-state index contributed by atoms with van der Waals surface area (Å²) in [6.45, 7) is 0.565. The highest BCUT2D eigenvalue weighted by Gasteiger charge is 2.09. The molecule has 0 saturated carbocycles. The number of halogens is 2. The summed E-state index contributed by atoms with van der Waals surface area (Å²) in [5.41, 5.74) is 1.95. The van der Waals surface area contributed by atoms with Crippen LogP contribution in [0.3, 0.4) is 0 Å². The Kier molecular flexibility index (Phi) is 4.39. The molecule has 0 aliphatic heterocycles. The van der Waals surface area contributed by atoms with E-state index in [-0.39, 0.29) is 11.4 Å². The van der Waals surface area contributed by atoms with Crippen LogP contribution >= 0.6 is 15.9 Å². The van der Waals surface area contributed by atoms with Crippen molar-refractivity contribution in [1.82, 2.24) is 0 Å². The van der Waals surface area contributed by atoms with Crippen molar-refractivity contribution >= 4 is 27.6 Å². The number of hydrogen-bond donors (Lipinski definition) is 1. The molecule has 0 atom stereocenters. The molecule has 2 rings (SSSR count). The number of nitrogens with zero attached hydrogens (tertiary/aromatic N) is 1. The molecule has 2 aromatic rings. The smallest absolute Gasteiger partial charge is 0.335 e. The Labute approximate surface area is 124 Å². The van der Waals surface area contributed by atoms with E-state index in [0.29, 0.717) is 11.0 Å². The molecule has 20 heavy (non-hydrogen) atoms. The SMILES string of the molecule is CN(Cc1ccc(F)cc1)c1cc(Br)cc(C(=O)O)c1. The zero-order chi connectivity index (χ0) is 14.7. The van der Waals surface area contributed by atoms with Gasteiger partial charge in [-0.1, -0.05) is 28.1 Å². The van der Waals surface area contributed by atoms with Gasteiger partial charge in [-0.3, -0.25) is 0 Å². The quantitative estimate of drug-likeness (QED) is 0.919. The number of aromatic carboxylic acids is 1. The van der Waals surface area contributed by atoms with Crippen molar-refractivity contribution in [2.75, 3.05) is 11.9 Å². The molecule has 0 spiro atoms. The second-order valence-electron chi connectivity index (χ2n) is 4.49. The third-order valence-electron chi connectivity index (χ3n) is 2.90. The van der Waals surface area contributed by atoms with E-state index in [4.69, 9.17) is 5.11 Å². The average molecular weight is 338 g/mol. The molecular weight excluding hydrogens is 325 g/mol. The molecule has 3 nitrogen and oxygen atoms in total. The van der Waals surface area contributed by atoms with Crippen LogP contribution in [0.25, 0.3) is 0 Å². The minimum Gasteiger partial charge on any atom is -0.478 e. The molecule has 0 unspecified atom stereocenters. The molecule has 0 heterocycles. The molecule has 1 N–H and O–H groups in total. The van der Waals surface area contributed by atoms with Crippen LogP contribution in [0.15, 0.2) is 46.9 Å². The van der Waals surface area contributed by atoms with Crippen molar-refractivity contribution in [1.29, 1.82) is 0 Å². The summed E-state index contributed by atoms with van der Waals surface area (Å²) in [4.78, 5) is 12.9. The summed E-state index contributed by atoms with van der Waals surface area (Å²) in [5, 5.41) is 9.05. The van der Waals surface area contributed by atoms with E-state index in [1.807, 2.05) is 18.0 Å². The molecule has 0 amide bonds. The van der Waals surface area contributed by atoms with Gasteiger partial charge in [0.2, 0.25) is 0 Å². The van der Waals surface area contributed by atoms with Gasteiger partial charge in [-0.25, -0.2) is 9.18 Å². The number of benzene rings is 2. The standard InChI is InChI=1S/C15H13BrFNO2/c1-18(9-10-2-4-13(17)5-3-10)14-7-11(15(19)20)6-12(16)8-14/h2-8H,9H2,1H3,(H,19,20). The molecule has 0 bridgehead atoms. The lowest BCUT2D eigenvalue weighted by molar-refractivity contribution is 0.0697. The number of carboxylic acids is 1. The van der Waals surface area contributed by atoms with Gasteiger partial charge in [0.15, 0.2) is 0 Å². The topological polar surface area (TPSA) is 40.5 Å². The summed E-state index contributed by atoms with van der Waals surface area (Å²) >= 11 is 3.30. The fraction of sp³-hybridized carbons (Fsp3) is 0.133. The largest absolute Gasteiger partial charge is 0.478 e. The van der Waals surface area contributed by atoms with E-state index in [1.165, 1.54) is 12.1 Å². The van der Waals surface area contributed by atoms with E-state index in [9.17, 15) is 9.18 Å². The number of anilines is 1. The zero-order valence-corrected chi connectivity index (χ0v) is 12.4. The average Bonchev–Trinajstić information content (AvgIpc) is 2.40. The van der Waals surface area contributed by atoms with Crippen LogP contribution < -0.4 is 4.90 Å². The first-order valence-electron chi connectivity index (χ1n) is 5.95. The highest BCUT2D eigenvalue weighted by Crippen LogP contribution is 2.23. The van der Waals surface area contributed by atoms with E-state index >= 15 is 0 Å². The van der Waals surface area contributed by atoms with Gasteiger partial charge in [0, 0.05) is 23.8 Å². The van der Waals surface area contributed by atoms with Crippen LogP contribution in [0.5, 0.6) is 0 Å². The number of carboxylic acid groups (broad SMARTS) is 1. The molecular formula is C15H13BrFNO2. The van der Waals surface area contributed by atoms with Crippen LogP contribution in [-0.4, -0.2) is 18.1 Å². The Morgan fingerprint density at radius 2 is 1.90 bits per heavy atom. The normalized spacial score (nSPS) is 10.3. The Balaban J connectivity index is 2.22.